The number of halogens is 1. The predicted octanol–water partition coefficient (Wildman–Crippen LogP) is 3.95. The van der Waals surface area contributed by atoms with E-state index in [4.69, 9.17) is 9.47 Å². The summed E-state index contributed by atoms with van der Waals surface area (Å²) in [5.41, 5.74) is 1.10. The number of rotatable bonds is 6. The van der Waals surface area contributed by atoms with Gasteiger partial charge in [-0.3, -0.25) is 0 Å². The van der Waals surface area contributed by atoms with Crippen molar-refractivity contribution in [1.82, 2.24) is 0 Å². The first kappa shape index (κ1) is 13.5. The van der Waals surface area contributed by atoms with Crippen molar-refractivity contribution in [1.29, 1.82) is 0 Å². The van der Waals surface area contributed by atoms with Gasteiger partial charge in [0, 0.05) is 10.9 Å². The van der Waals surface area contributed by atoms with Crippen LogP contribution < -0.4 is 4.74 Å². The van der Waals surface area contributed by atoms with Crippen molar-refractivity contribution in [3.8, 4) is 5.75 Å². The number of hydrogen-bond acceptors (Lipinski definition) is 2. The Balaban J connectivity index is 2.85. The smallest absolute Gasteiger partial charge is 0.124 e. The molecule has 0 aromatic heterocycles. The van der Waals surface area contributed by atoms with Gasteiger partial charge in [-0.1, -0.05) is 41.1 Å². The Bertz CT molecular complexity index is 315. The fourth-order valence-corrected chi connectivity index (χ4v) is 2.00. The number of benzene rings is 1. The van der Waals surface area contributed by atoms with E-state index in [1.807, 2.05) is 24.3 Å². The molecule has 1 aromatic carbocycles. The molecule has 0 bridgehead atoms. The zero-order valence-corrected chi connectivity index (χ0v) is 11.7. The molecule has 0 heterocycles. The van der Waals surface area contributed by atoms with Crippen LogP contribution in [-0.2, 0) is 4.74 Å². The summed E-state index contributed by atoms with van der Waals surface area (Å²) in [5, 5.41) is 0.776. The molecule has 1 aromatic rings. The zero-order valence-electron chi connectivity index (χ0n) is 10.1. The zero-order chi connectivity index (χ0) is 12.0. The van der Waals surface area contributed by atoms with Gasteiger partial charge in [-0.25, -0.2) is 0 Å². The number of hydrogen-bond donors (Lipinski definition) is 0. The van der Waals surface area contributed by atoms with Crippen LogP contribution in [0.2, 0.25) is 0 Å². The maximum absolute atomic E-state index is 5.95. The molecule has 0 aliphatic rings. The highest BCUT2D eigenvalue weighted by atomic mass is 79.9. The minimum absolute atomic E-state index is 0.0473. The van der Waals surface area contributed by atoms with Gasteiger partial charge in [-0.15, -0.1) is 0 Å². The van der Waals surface area contributed by atoms with Gasteiger partial charge >= 0.3 is 0 Å². The molecule has 0 saturated carbocycles. The fraction of sp³-hybridized carbons (Fsp3) is 0.538. The highest BCUT2D eigenvalue weighted by Crippen LogP contribution is 2.29. The molecule has 0 N–H and O–H groups in total. The first-order valence-corrected chi connectivity index (χ1v) is 6.69. The van der Waals surface area contributed by atoms with Gasteiger partial charge in [0.2, 0.25) is 0 Å². The largest absolute Gasteiger partial charge is 0.496 e. The molecule has 2 nitrogen and oxygen atoms in total. The second-order valence-corrected chi connectivity index (χ2v) is 4.39. The Labute approximate surface area is 106 Å². The van der Waals surface area contributed by atoms with Crippen LogP contribution >= 0.6 is 15.9 Å². The van der Waals surface area contributed by atoms with Gasteiger partial charge in [0.05, 0.1) is 19.3 Å². The van der Waals surface area contributed by atoms with E-state index in [1.165, 1.54) is 0 Å². The Kier molecular flexibility index (Phi) is 5.85. The van der Waals surface area contributed by atoms with Gasteiger partial charge in [-0.05, 0) is 19.4 Å². The van der Waals surface area contributed by atoms with E-state index in [1.54, 1.807) is 7.11 Å². The van der Waals surface area contributed by atoms with Crippen molar-refractivity contribution in [3.63, 3.8) is 0 Å². The lowest BCUT2D eigenvalue weighted by molar-refractivity contribution is 0.00774. The topological polar surface area (TPSA) is 18.5 Å². The molecule has 0 spiro atoms. The molecular formula is C13H19BrO2. The van der Waals surface area contributed by atoms with Crippen LogP contribution in [-0.4, -0.2) is 18.5 Å². The first-order valence-electron chi connectivity index (χ1n) is 5.57. The van der Waals surface area contributed by atoms with Crippen molar-refractivity contribution in [3.05, 3.63) is 29.8 Å². The first-order chi connectivity index (χ1) is 7.72. The summed E-state index contributed by atoms with van der Waals surface area (Å²) in [4.78, 5) is 0. The molecule has 0 saturated heterocycles. The van der Waals surface area contributed by atoms with Gasteiger partial charge in [0.15, 0.2) is 0 Å². The Morgan fingerprint density at radius 2 is 2.00 bits per heavy atom. The van der Waals surface area contributed by atoms with E-state index < -0.39 is 0 Å². The second-order valence-electron chi connectivity index (χ2n) is 3.74. The quantitative estimate of drug-likeness (QED) is 0.738. The van der Waals surface area contributed by atoms with Crippen LogP contribution in [0.3, 0.4) is 0 Å². The molecule has 0 radical (unpaired) electrons. The normalized spacial score (nSPS) is 14.5. The van der Waals surface area contributed by atoms with Crippen molar-refractivity contribution in [2.75, 3.05) is 12.4 Å². The van der Waals surface area contributed by atoms with Crippen molar-refractivity contribution in [2.24, 2.45) is 0 Å². The summed E-state index contributed by atoms with van der Waals surface area (Å²) in [7, 11) is 1.69. The Hall–Kier alpha value is -0.540. The minimum Gasteiger partial charge on any atom is -0.496 e. The van der Waals surface area contributed by atoms with Crippen LogP contribution in [0.1, 0.15) is 31.9 Å². The standard InChI is InChI=1S/C13H19BrO2/c1-4-10(2)16-13(9-14)11-7-5-6-8-12(11)15-3/h5-8,10,13H,4,9H2,1-3H3. The summed E-state index contributed by atoms with van der Waals surface area (Å²) in [5.74, 6) is 0.884. The van der Waals surface area contributed by atoms with Crippen LogP contribution in [0.4, 0.5) is 0 Å². The lowest BCUT2D eigenvalue weighted by Crippen LogP contribution is -2.14. The molecule has 3 heteroatoms. The van der Waals surface area contributed by atoms with E-state index in [2.05, 4.69) is 29.8 Å². The van der Waals surface area contributed by atoms with Crippen molar-refractivity contribution < 1.29 is 9.47 Å². The van der Waals surface area contributed by atoms with E-state index in [9.17, 15) is 0 Å². The van der Waals surface area contributed by atoms with E-state index in [0.717, 1.165) is 23.1 Å². The highest BCUT2D eigenvalue weighted by Gasteiger charge is 2.17. The predicted molar refractivity (Wildman–Crippen MR) is 70.4 cm³/mol. The van der Waals surface area contributed by atoms with E-state index >= 15 is 0 Å². The molecule has 90 valence electrons. The van der Waals surface area contributed by atoms with E-state index in [-0.39, 0.29) is 12.2 Å². The number of ether oxygens (including phenoxy) is 2. The molecule has 0 fully saturated rings. The van der Waals surface area contributed by atoms with Crippen LogP contribution in [0, 0.1) is 0 Å². The van der Waals surface area contributed by atoms with Crippen molar-refractivity contribution >= 4 is 15.9 Å². The SMILES string of the molecule is CCC(C)OC(CBr)c1ccccc1OC. The summed E-state index contributed by atoms with van der Waals surface area (Å²) in [6.07, 6.45) is 1.32. The van der Waals surface area contributed by atoms with Crippen LogP contribution in [0.15, 0.2) is 24.3 Å². The maximum atomic E-state index is 5.95. The summed E-state index contributed by atoms with van der Waals surface area (Å²) >= 11 is 3.49. The number of alkyl halides is 1. The molecule has 16 heavy (non-hydrogen) atoms. The van der Waals surface area contributed by atoms with Gasteiger partial charge in [0.25, 0.3) is 0 Å². The molecule has 2 unspecified atom stereocenters. The molecule has 0 aliphatic heterocycles. The molecular weight excluding hydrogens is 268 g/mol. The minimum atomic E-state index is 0.0473. The lowest BCUT2D eigenvalue weighted by atomic mass is 10.1. The third-order valence-corrected chi connectivity index (χ3v) is 3.19. The van der Waals surface area contributed by atoms with E-state index in [0.29, 0.717) is 0 Å². The van der Waals surface area contributed by atoms with Crippen LogP contribution in [0.25, 0.3) is 0 Å². The van der Waals surface area contributed by atoms with Crippen LogP contribution in [0.5, 0.6) is 5.75 Å². The third kappa shape index (κ3) is 3.49. The molecule has 0 amide bonds. The third-order valence-electron chi connectivity index (χ3n) is 2.60. The average molecular weight is 287 g/mol. The van der Waals surface area contributed by atoms with Gasteiger partial charge in [0.1, 0.15) is 5.75 Å². The van der Waals surface area contributed by atoms with Crippen molar-refractivity contribution in [2.45, 2.75) is 32.5 Å². The highest BCUT2D eigenvalue weighted by molar-refractivity contribution is 9.09. The average Bonchev–Trinajstić information content (AvgIpc) is 2.35. The van der Waals surface area contributed by atoms with Gasteiger partial charge < -0.3 is 9.47 Å². The monoisotopic (exact) mass is 286 g/mol. The molecule has 0 aliphatic carbocycles. The summed E-state index contributed by atoms with van der Waals surface area (Å²) < 4.78 is 11.3. The Morgan fingerprint density at radius 1 is 1.31 bits per heavy atom. The summed E-state index contributed by atoms with van der Waals surface area (Å²) in [6.45, 7) is 4.21. The lowest BCUT2D eigenvalue weighted by Gasteiger charge is -2.22. The van der Waals surface area contributed by atoms with Gasteiger partial charge in [-0.2, -0.15) is 0 Å². The molecule has 2 atom stereocenters. The number of para-hydroxylation sites is 1. The number of methoxy groups -OCH3 is 1. The fourth-order valence-electron chi connectivity index (χ4n) is 1.50. The molecule has 1 rings (SSSR count). The second kappa shape index (κ2) is 6.92. The maximum Gasteiger partial charge on any atom is 0.124 e. The Morgan fingerprint density at radius 3 is 2.56 bits per heavy atom. The summed E-state index contributed by atoms with van der Waals surface area (Å²) in [6, 6.07) is 7.99.